The van der Waals surface area contributed by atoms with E-state index < -0.39 is 12.5 Å². The minimum atomic E-state index is -2.74. The Morgan fingerprint density at radius 3 is 2.50 bits per heavy atom. The largest absolute Gasteiger partial charge is 0.462 e. The van der Waals surface area contributed by atoms with Crippen molar-refractivity contribution in [3.05, 3.63) is 17.5 Å². The topological polar surface area (TPSA) is 44.1 Å². The van der Waals surface area contributed by atoms with E-state index in [-0.39, 0.29) is 17.9 Å². The standard InChI is InChI=1S/C8H10F2N2O2.C2H6/c1-3-14-7(13)6-4-12(8(9)10)11-5(6)2;1-2/h4,8H,3H2,1-2H3;1-2H3. The Kier molecular flexibility index (Phi) is 6.29. The quantitative estimate of drug-likeness (QED) is 0.755. The lowest BCUT2D eigenvalue weighted by Gasteiger charge is -1.98. The van der Waals surface area contributed by atoms with Crippen LogP contribution in [0.25, 0.3) is 0 Å². The van der Waals surface area contributed by atoms with Crippen LogP contribution in [0.2, 0.25) is 0 Å². The number of carbonyl (C=O) groups is 1. The molecule has 0 N–H and O–H groups in total. The Morgan fingerprint density at radius 2 is 2.12 bits per heavy atom. The van der Waals surface area contributed by atoms with Gasteiger partial charge >= 0.3 is 12.5 Å². The monoisotopic (exact) mass is 234 g/mol. The van der Waals surface area contributed by atoms with Crippen molar-refractivity contribution in [1.82, 2.24) is 9.78 Å². The van der Waals surface area contributed by atoms with Gasteiger partial charge in [-0.3, -0.25) is 0 Å². The second kappa shape index (κ2) is 6.92. The van der Waals surface area contributed by atoms with Gasteiger partial charge in [0.1, 0.15) is 5.56 Å². The molecule has 0 aromatic carbocycles. The third kappa shape index (κ3) is 3.60. The van der Waals surface area contributed by atoms with Gasteiger partial charge in [0.15, 0.2) is 0 Å². The van der Waals surface area contributed by atoms with E-state index in [2.05, 4.69) is 9.84 Å². The van der Waals surface area contributed by atoms with E-state index in [1.54, 1.807) is 6.92 Å². The summed E-state index contributed by atoms with van der Waals surface area (Å²) in [6.45, 7) is 4.59. The summed E-state index contributed by atoms with van der Waals surface area (Å²) in [6.07, 6.45) is 0.984. The lowest BCUT2D eigenvalue weighted by molar-refractivity contribution is 0.0516. The van der Waals surface area contributed by atoms with Crippen LogP contribution in [0.5, 0.6) is 0 Å². The van der Waals surface area contributed by atoms with E-state index in [9.17, 15) is 13.6 Å². The molecule has 0 aliphatic rings. The van der Waals surface area contributed by atoms with E-state index in [4.69, 9.17) is 0 Å². The molecule has 16 heavy (non-hydrogen) atoms. The predicted molar refractivity (Wildman–Crippen MR) is 55.5 cm³/mol. The Labute approximate surface area is 93.2 Å². The van der Waals surface area contributed by atoms with Crippen LogP contribution >= 0.6 is 0 Å². The number of alkyl halides is 2. The molecule has 0 unspecified atom stereocenters. The number of esters is 1. The molecule has 1 rings (SSSR count). The van der Waals surface area contributed by atoms with Gasteiger partial charge in [0.25, 0.3) is 0 Å². The molecule has 0 saturated carbocycles. The van der Waals surface area contributed by atoms with E-state index in [1.165, 1.54) is 6.92 Å². The molecule has 4 nitrogen and oxygen atoms in total. The second-order valence-electron chi connectivity index (χ2n) is 2.61. The number of ether oxygens (including phenoxy) is 1. The normalized spacial score (nSPS) is 9.69. The SMILES string of the molecule is CC.CCOC(=O)c1cn(C(F)F)nc1C. The summed E-state index contributed by atoms with van der Waals surface area (Å²) in [4.78, 5) is 11.2. The van der Waals surface area contributed by atoms with Crippen LogP contribution in [0, 0.1) is 6.92 Å². The van der Waals surface area contributed by atoms with Gasteiger partial charge in [-0.15, -0.1) is 0 Å². The summed E-state index contributed by atoms with van der Waals surface area (Å²) in [6, 6.07) is 0. The van der Waals surface area contributed by atoms with Crippen molar-refractivity contribution in [2.24, 2.45) is 0 Å². The molecule has 92 valence electrons. The van der Waals surface area contributed by atoms with Gasteiger partial charge in [-0.2, -0.15) is 13.9 Å². The minimum Gasteiger partial charge on any atom is -0.462 e. The van der Waals surface area contributed by atoms with Gasteiger partial charge in [-0.1, -0.05) is 13.8 Å². The number of aryl methyl sites for hydroxylation is 1. The zero-order valence-corrected chi connectivity index (χ0v) is 9.83. The fourth-order valence-corrected chi connectivity index (χ4v) is 0.991. The first-order chi connectivity index (χ1) is 7.56. The van der Waals surface area contributed by atoms with Crippen molar-refractivity contribution < 1.29 is 18.3 Å². The van der Waals surface area contributed by atoms with E-state index >= 15 is 0 Å². The lowest BCUT2D eigenvalue weighted by Crippen LogP contribution is -2.04. The molecule has 0 fully saturated rings. The molecule has 0 amide bonds. The van der Waals surface area contributed by atoms with Crippen molar-refractivity contribution in [2.75, 3.05) is 6.61 Å². The maximum Gasteiger partial charge on any atom is 0.341 e. The third-order valence-corrected chi connectivity index (χ3v) is 1.61. The first-order valence-corrected chi connectivity index (χ1v) is 5.07. The maximum absolute atomic E-state index is 12.2. The highest BCUT2D eigenvalue weighted by molar-refractivity contribution is 5.90. The highest BCUT2D eigenvalue weighted by atomic mass is 19.3. The zero-order valence-electron chi connectivity index (χ0n) is 9.83. The van der Waals surface area contributed by atoms with E-state index in [0.29, 0.717) is 4.68 Å². The highest BCUT2D eigenvalue weighted by Gasteiger charge is 2.17. The summed E-state index contributed by atoms with van der Waals surface area (Å²) in [5.41, 5.74) is 0.316. The number of carbonyl (C=O) groups excluding carboxylic acids is 1. The average molecular weight is 234 g/mol. The summed E-state index contributed by atoms with van der Waals surface area (Å²) >= 11 is 0. The van der Waals surface area contributed by atoms with Gasteiger partial charge in [-0.05, 0) is 13.8 Å². The van der Waals surface area contributed by atoms with Gasteiger partial charge in [0.2, 0.25) is 0 Å². The Bertz CT molecular complexity index is 338. The molecule has 0 aliphatic heterocycles. The Morgan fingerprint density at radius 1 is 1.56 bits per heavy atom. The average Bonchev–Trinajstić information content (AvgIpc) is 2.64. The molecule has 1 aromatic heterocycles. The lowest BCUT2D eigenvalue weighted by atomic mass is 10.3. The molecule has 1 heterocycles. The van der Waals surface area contributed by atoms with Gasteiger partial charge in [0, 0.05) is 6.20 Å². The van der Waals surface area contributed by atoms with E-state index in [0.717, 1.165) is 6.20 Å². The van der Waals surface area contributed by atoms with Crippen molar-refractivity contribution in [1.29, 1.82) is 0 Å². The number of nitrogens with zero attached hydrogens (tertiary/aromatic N) is 2. The molecular formula is C10H16F2N2O2. The molecule has 0 saturated heterocycles. The van der Waals surface area contributed by atoms with Crippen LogP contribution in [0.15, 0.2) is 6.20 Å². The number of aromatic nitrogens is 2. The van der Waals surface area contributed by atoms with Gasteiger partial charge in [0.05, 0.1) is 12.3 Å². The molecule has 0 radical (unpaired) electrons. The molecule has 0 aliphatic carbocycles. The molecular weight excluding hydrogens is 218 g/mol. The van der Waals surface area contributed by atoms with Gasteiger partial charge in [-0.25, -0.2) is 9.48 Å². The predicted octanol–water partition coefficient (Wildman–Crippen LogP) is 2.79. The van der Waals surface area contributed by atoms with Crippen molar-refractivity contribution >= 4 is 5.97 Å². The summed E-state index contributed by atoms with van der Waals surface area (Å²) in [5, 5.41) is 3.48. The number of rotatable bonds is 3. The van der Waals surface area contributed by atoms with Crippen molar-refractivity contribution in [3.8, 4) is 0 Å². The summed E-state index contributed by atoms with van der Waals surface area (Å²) in [7, 11) is 0. The zero-order chi connectivity index (χ0) is 12.7. The summed E-state index contributed by atoms with van der Waals surface area (Å²) < 4.78 is 29.4. The fraction of sp³-hybridized carbons (Fsp3) is 0.600. The second-order valence-corrected chi connectivity index (χ2v) is 2.61. The van der Waals surface area contributed by atoms with Crippen LogP contribution in [-0.4, -0.2) is 22.4 Å². The molecule has 0 atom stereocenters. The number of hydrogen-bond acceptors (Lipinski definition) is 3. The minimum absolute atomic E-state index is 0.0761. The fourth-order valence-electron chi connectivity index (χ4n) is 0.991. The van der Waals surface area contributed by atoms with Gasteiger partial charge < -0.3 is 4.74 Å². The van der Waals surface area contributed by atoms with Crippen LogP contribution in [0.4, 0.5) is 8.78 Å². The number of halogens is 2. The number of hydrogen-bond donors (Lipinski definition) is 0. The Balaban J connectivity index is 0.00000106. The van der Waals surface area contributed by atoms with Crippen molar-refractivity contribution in [2.45, 2.75) is 34.2 Å². The van der Waals surface area contributed by atoms with Crippen LogP contribution in [-0.2, 0) is 4.74 Å². The Hall–Kier alpha value is -1.46. The van der Waals surface area contributed by atoms with Crippen LogP contribution < -0.4 is 0 Å². The maximum atomic E-state index is 12.2. The molecule has 6 heteroatoms. The first kappa shape index (κ1) is 14.5. The summed E-state index contributed by atoms with van der Waals surface area (Å²) in [5.74, 6) is -0.628. The van der Waals surface area contributed by atoms with Crippen molar-refractivity contribution in [3.63, 3.8) is 0 Å². The first-order valence-electron chi connectivity index (χ1n) is 5.07. The molecule has 0 spiro atoms. The molecule has 0 bridgehead atoms. The smallest absolute Gasteiger partial charge is 0.341 e. The van der Waals surface area contributed by atoms with Crippen LogP contribution in [0.1, 0.15) is 43.4 Å². The highest BCUT2D eigenvalue weighted by Crippen LogP contribution is 2.13. The third-order valence-electron chi connectivity index (χ3n) is 1.61. The van der Waals surface area contributed by atoms with E-state index in [1.807, 2.05) is 13.8 Å². The van der Waals surface area contributed by atoms with Crippen LogP contribution in [0.3, 0.4) is 0 Å². The molecule has 1 aromatic rings.